The van der Waals surface area contributed by atoms with Gasteiger partial charge in [-0.15, -0.1) is 0 Å². The molecule has 96 valence electrons. The van der Waals surface area contributed by atoms with Gasteiger partial charge in [-0.25, -0.2) is 0 Å². The SMILES string of the molecule is COc1cc(C#N)ccc1NNc1ccccc1Br. The summed E-state index contributed by atoms with van der Waals surface area (Å²) in [5, 5.41) is 8.84. The van der Waals surface area contributed by atoms with Crippen LogP contribution in [0, 0.1) is 11.3 Å². The maximum atomic E-state index is 8.84. The first-order chi connectivity index (χ1) is 9.24. The summed E-state index contributed by atoms with van der Waals surface area (Å²) in [6, 6.07) is 15.0. The number of halogens is 1. The summed E-state index contributed by atoms with van der Waals surface area (Å²) >= 11 is 3.45. The highest BCUT2D eigenvalue weighted by Crippen LogP contribution is 2.27. The number of nitrogens with one attached hydrogen (secondary N) is 2. The van der Waals surface area contributed by atoms with E-state index in [1.807, 2.05) is 24.3 Å². The second-order valence-corrected chi connectivity index (χ2v) is 4.61. The van der Waals surface area contributed by atoms with Crippen LogP contribution in [0.2, 0.25) is 0 Å². The maximum Gasteiger partial charge on any atom is 0.145 e. The number of rotatable bonds is 4. The van der Waals surface area contributed by atoms with Gasteiger partial charge in [-0.1, -0.05) is 12.1 Å². The number of nitrogens with zero attached hydrogens (tertiary/aromatic N) is 1. The number of methoxy groups -OCH3 is 1. The fourth-order valence-corrected chi connectivity index (χ4v) is 1.95. The molecule has 2 aromatic rings. The highest BCUT2D eigenvalue weighted by atomic mass is 79.9. The van der Waals surface area contributed by atoms with E-state index in [-0.39, 0.29) is 0 Å². The van der Waals surface area contributed by atoms with Gasteiger partial charge in [0.2, 0.25) is 0 Å². The van der Waals surface area contributed by atoms with Crippen LogP contribution in [0.5, 0.6) is 5.75 Å². The third kappa shape index (κ3) is 3.18. The Kier molecular flexibility index (Phi) is 4.26. The average Bonchev–Trinajstić information content (AvgIpc) is 2.46. The van der Waals surface area contributed by atoms with E-state index >= 15 is 0 Å². The van der Waals surface area contributed by atoms with Crippen LogP contribution in [0.4, 0.5) is 11.4 Å². The minimum Gasteiger partial charge on any atom is -0.494 e. The topological polar surface area (TPSA) is 57.1 Å². The standard InChI is InChI=1S/C14H12BrN3O/c1-19-14-8-10(9-16)6-7-13(14)18-17-12-5-3-2-4-11(12)15/h2-8,17-18H,1H3. The molecule has 0 saturated carbocycles. The summed E-state index contributed by atoms with van der Waals surface area (Å²) in [5.41, 5.74) is 8.37. The molecule has 0 bridgehead atoms. The molecule has 0 unspecified atom stereocenters. The molecule has 0 atom stereocenters. The molecule has 2 rings (SSSR count). The molecule has 0 spiro atoms. The number of para-hydroxylation sites is 1. The molecule has 0 radical (unpaired) electrons. The summed E-state index contributed by atoms with van der Waals surface area (Å²) in [4.78, 5) is 0. The number of benzene rings is 2. The van der Waals surface area contributed by atoms with Gasteiger partial charge in [-0.05, 0) is 40.2 Å². The van der Waals surface area contributed by atoms with Gasteiger partial charge in [-0.2, -0.15) is 5.26 Å². The van der Waals surface area contributed by atoms with Gasteiger partial charge in [0, 0.05) is 10.5 Å². The van der Waals surface area contributed by atoms with Crippen molar-refractivity contribution in [3.8, 4) is 11.8 Å². The van der Waals surface area contributed by atoms with Crippen molar-refractivity contribution >= 4 is 27.3 Å². The molecule has 2 aromatic carbocycles. The molecule has 0 aromatic heterocycles. The quantitative estimate of drug-likeness (QED) is 0.843. The van der Waals surface area contributed by atoms with E-state index in [9.17, 15) is 0 Å². The van der Waals surface area contributed by atoms with E-state index in [0.717, 1.165) is 15.8 Å². The minimum absolute atomic E-state index is 0.559. The Labute approximate surface area is 120 Å². The van der Waals surface area contributed by atoms with Gasteiger partial charge in [-0.3, -0.25) is 10.9 Å². The fourth-order valence-electron chi connectivity index (χ4n) is 1.56. The van der Waals surface area contributed by atoms with Crippen LogP contribution in [-0.2, 0) is 0 Å². The van der Waals surface area contributed by atoms with E-state index in [1.54, 1.807) is 25.3 Å². The molecule has 0 aliphatic heterocycles. The minimum atomic E-state index is 0.559. The smallest absolute Gasteiger partial charge is 0.145 e. The predicted octanol–water partition coefficient (Wildman–Crippen LogP) is 3.77. The molecule has 4 nitrogen and oxygen atoms in total. The van der Waals surface area contributed by atoms with Crippen molar-refractivity contribution in [3.05, 3.63) is 52.5 Å². The van der Waals surface area contributed by atoms with Crippen molar-refractivity contribution in [2.75, 3.05) is 18.0 Å². The molecular weight excluding hydrogens is 306 g/mol. The molecule has 19 heavy (non-hydrogen) atoms. The summed E-state index contributed by atoms with van der Waals surface area (Å²) < 4.78 is 6.19. The van der Waals surface area contributed by atoms with Crippen molar-refractivity contribution in [3.63, 3.8) is 0 Å². The van der Waals surface area contributed by atoms with Crippen LogP contribution < -0.4 is 15.6 Å². The normalized spacial score (nSPS) is 9.53. The number of ether oxygens (including phenoxy) is 1. The predicted molar refractivity (Wildman–Crippen MR) is 79.1 cm³/mol. The Morgan fingerprint density at radius 3 is 2.53 bits per heavy atom. The number of hydrogen-bond acceptors (Lipinski definition) is 4. The lowest BCUT2D eigenvalue weighted by molar-refractivity contribution is 0.416. The maximum absolute atomic E-state index is 8.84. The Balaban J connectivity index is 2.16. The number of anilines is 2. The number of hydrogen-bond donors (Lipinski definition) is 2. The number of nitriles is 1. The molecule has 0 heterocycles. The molecule has 0 amide bonds. The van der Waals surface area contributed by atoms with Crippen LogP contribution in [0.15, 0.2) is 46.9 Å². The van der Waals surface area contributed by atoms with E-state index in [1.165, 1.54) is 0 Å². The Hall–Kier alpha value is -2.19. The monoisotopic (exact) mass is 317 g/mol. The Morgan fingerprint density at radius 2 is 1.84 bits per heavy atom. The van der Waals surface area contributed by atoms with Gasteiger partial charge in [0.05, 0.1) is 30.1 Å². The molecule has 0 aliphatic rings. The van der Waals surface area contributed by atoms with Crippen LogP contribution in [0.1, 0.15) is 5.56 Å². The van der Waals surface area contributed by atoms with Crippen molar-refractivity contribution in [1.82, 2.24) is 0 Å². The fraction of sp³-hybridized carbons (Fsp3) is 0.0714. The van der Waals surface area contributed by atoms with E-state index in [0.29, 0.717) is 11.3 Å². The van der Waals surface area contributed by atoms with Gasteiger partial charge in [0.1, 0.15) is 5.75 Å². The summed E-state index contributed by atoms with van der Waals surface area (Å²) in [6.45, 7) is 0. The van der Waals surface area contributed by atoms with Gasteiger partial charge in [0.15, 0.2) is 0 Å². The van der Waals surface area contributed by atoms with Gasteiger partial charge in [0.25, 0.3) is 0 Å². The summed E-state index contributed by atoms with van der Waals surface area (Å²) in [5.74, 6) is 0.610. The zero-order valence-corrected chi connectivity index (χ0v) is 11.9. The first-order valence-corrected chi connectivity index (χ1v) is 6.38. The third-order valence-corrected chi connectivity index (χ3v) is 3.23. The molecule has 0 aliphatic carbocycles. The highest BCUT2D eigenvalue weighted by Gasteiger charge is 2.04. The van der Waals surface area contributed by atoms with Crippen LogP contribution in [-0.4, -0.2) is 7.11 Å². The molecule has 0 fully saturated rings. The van der Waals surface area contributed by atoms with Crippen molar-refractivity contribution in [2.45, 2.75) is 0 Å². The zero-order chi connectivity index (χ0) is 13.7. The molecule has 2 N–H and O–H groups in total. The van der Waals surface area contributed by atoms with Crippen LogP contribution in [0.3, 0.4) is 0 Å². The van der Waals surface area contributed by atoms with E-state index in [2.05, 4.69) is 32.9 Å². The summed E-state index contributed by atoms with van der Waals surface area (Å²) in [7, 11) is 1.57. The second kappa shape index (κ2) is 6.12. The average molecular weight is 318 g/mol. The summed E-state index contributed by atoms with van der Waals surface area (Å²) in [6.07, 6.45) is 0. The molecule has 0 saturated heterocycles. The largest absolute Gasteiger partial charge is 0.494 e. The van der Waals surface area contributed by atoms with Crippen LogP contribution in [0.25, 0.3) is 0 Å². The highest BCUT2D eigenvalue weighted by molar-refractivity contribution is 9.10. The molecular formula is C14H12BrN3O. The molecule has 5 heteroatoms. The van der Waals surface area contributed by atoms with Gasteiger partial charge >= 0.3 is 0 Å². The Bertz CT molecular complexity index is 622. The van der Waals surface area contributed by atoms with E-state index in [4.69, 9.17) is 10.00 Å². The number of hydrazine groups is 1. The zero-order valence-electron chi connectivity index (χ0n) is 10.3. The van der Waals surface area contributed by atoms with Crippen molar-refractivity contribution < 1.29 is 4.74 Å². The lowest BCUT2D eigenvalue weighted by atomic mass is 10.2. The van der Waals surface area contributed by atoms with E-state index < -0.39 is 0 Å². The first-order valence-electron chi connectivity index (χ1n) is 5.59. The second-order valence-electron chi connectivity index (χ2n) is 3.76. The first kappa shape index (κ1) is 13.2. The lowest BCUT2D eigenvalue weighted by Gasteiger charge is -2.14. The van der Waals surface area contributed by atoms with Gasteiger partial charge < -0.3 is 4.74 Å². The lowest BCUT2D eigenvalue weighted by Crippen LogP contribution is -2.10. The van der Waals surface area contributed by atoms with Crippen molar-refractivity contribution in [2.24, 2.45) is 0 Å². The van der Waals surface area contributed by atoms with Crippen LogP contribution >= 0.6 is 15.9 Å². The Morgan fingerprint density at radius 1 is 1.11 bits per heavy atom. The van der Waals surface area contributed by atoms with Crippen molar-refractivity contribution in [1.29, 1.82) is 5.26 Å². The third-order valence-electron chi connectivity index (χ3n) is 2.54.